The van der Waals surface area contributed by atoms with E-state index in [9.17, 15) is 9.59 Å². The van der Waals surface area contributed by atoms with Crippen molar-refractivity contribution in [2.45, 2.75) is 54.9 Å². The number of ether oxygens (including phenoxy) is 6. The molecule has 2 saturated heterocycles. The molecule has 2 fully saturated rings. The third kappa shape index (κ3) is 5.67. The zero-order valence-electron chi connectivity index (χ0n) is 18.5. The molecule has 4 rings (SSSR count). The molecule has 176 valence electrons. The van der Waals surface area contributed by atoms with Gasteiger partial charge in [0.05, 0.1) is 13.7 Å². The van der Waals surface area contributed by atoms with Gasteiger partial charge in [-0.3, -0.25) is 9.59 Å². The Morgan fingerprint density at radius 2 is 1.58 bits per heavy atom. The maximum Gasteiger partial charge on any atom is 0.303 e. The maximum atomic E-state index is 12.0. The van der Waals surface area contributed by atoms with E-state index in [0.29, 0.717) is 5.75 Å². The third-order valence-electron chi connectivity index (χ3n) is 5.27. The van der Waals surface area contributed by atoms with Crippen LogP contribution in [0.5, 0.6) is 5.75 Å². The first-order valence-electron chi connectivity index (χ1n) is 10.6. The zero-order valence-corrected chi connectivity index (χ0v) is 19.4. The SMILES string of the molecule is COc1ccc(C2OC[C@H]3O[C@@H](Sc4ccccc4)[C@H](OC(C)=O)[C@@H](OC(C)=O)[C@@H]3O2)cc1. The van der Waals surface area contributed by atoms with E-state index in [4.69, 9.17) is 28.4 Å². The van der Waals surface area contributed by atoms with E-state index in [0.717, 1.165) is 10.5 Å². The predicted octanol–water partition coefficient (Wildman–Crippen LogP) is 3.49. The van der Waals surface area contributed by atoms with Gasteiger partial charge < -0.3 is 28.4 Å². The highest BCUT2D eigenvalue weighted by Gasteiger charge is 2.53. The van der Waals surface area contributed by atoms with Crippen LogP contribution in [0.4, 0.5) is 0 Å². The van der Waals surface area contributed by atoms with Crippen LogP contribution in [0, 0.1) is 0 Å². The van der Waals surface area contributed by atoms with Gasteiger partial charge in [-0.2, -0.15) is 0 Å². The molecule has 1 unspecified atom stereocenters. The molecule has 0 N–H and O–H groups in total. The monoisotopic (exact) mass is 474 g/mol. The van der Waals surface area contributed by atoms with Crippen molar-refractivity contribution in [1.29, 1.82) is 0 Å². The summed E-state index contributed by atoms with van der Waals surface area (Å²) >= 11 is 1.39. The fourth-order valence-electron chi connectivity index (χ4n) is 3.85. The Hall–Kier alpha value is -2.59. The number of methoxy groups -OCH3 is 1. The molecule has 0 radical (unpaired) electrons. The fraction of sp³-hybridized carbons (Fsp3) is 0.417. The Morgan fingerprint density at radius 1 is 0.909 bits per heavy atom. The molecule has 2 aliphatic heterocycles. The first kappa shape index (κ1) is 23.6. The number of fused-ring (bicyclic) bond motifs is 1. The molecule has 9 heteroatoms. The second-order valence-electron chi connectivity index (χ2n) is 7.66. The zero-order chi connectivity index (χ0) is 23.4. The minimum atomic E-state index is -0.868. The van der Waals surface area contributed by atoms with E-state index in [1.54, 1.807) is 7.11 Å². The maximum absolute atomic E-state index is 12.0. The standard InChI is InChI=1S/C24H26O8S/c1-14(25)29-21-20-19(13-28-23(32-20)16-9-11-17(27-3)12-10-16)31-24(22(21)30-15(2)26)33-18-7-5-4-6-8-18/h4-12,19-24H,13H2,1-3H3/t19-,20-,21+,22-,23?,24+/m1/s1. The number of esters is 2. The highest BCUT2D eigenvalue weighted by atomic mass is 32.2. The molecule has 0 aliphatic carbocycles. The Kier molecular flexibility index (Phi) is 7.54. The summed E-state index contributed by atoms with van der Waals surface area (Å²) in [6, 6.07) is 16.9. The van der Waals surface area contributed by atoms with Gasteiger partial charge in [0, 0.05) is 24.3 Å². The lowest BCUT2D eigenvalue weighted by Crippen LogP contribution is -2.63. The van der Waals surface area contributed by atoms with Crippen LogP contribution in [-0.4, -0.2) is 55.5 Å². The normalized spacial score (nSPS) is 28.9. The van der Waals surface area contributed by atoms with Gasteiger partial charge in [-0.1, -0.05) is 42.1 Å². The molecule has 33 heavy (non-hydrogen) atoms. The van der Waals surface area contributed by atoms with Crippen molar-refractivity contribution in [3.63, 3.8) is 0 Å². The van der Waals surface area contributed by atoms with Gasteiger partial charge in [-0.25, -0.2) is 0 Å². The summed E-state index contributed by atoms with van der Waals surface area (Å²) in [6.07, 6.45) is -3.64. The Bertz CT molecular complexity index is 951. The minimum absolute atomic E-state index is 0.220. The molecule has 0 bridgehead atoms. The molecule has 8 nitrogen and oxygen atoms in total. The van der Waals surface area contributed by atoms with Gasteiger partial charge in [0.1, 0.15) is 23.4 Å². The lowest BCUT2D eigenvalue weighted by molar-refractivity contribution is -0.320. The highest BCUT2D eigenvalue weighted by Crippen LogP contribution is 2.41. The van der Waals surface area contributed by atoms with Gasteiger partial charge in [0.25, 0.3) is 0 Å². The predicted molar refractivity (Wildman–Crippen MR) is 119 cm³/mol. The summed E-state index contributed by atoms with van der Waals surface area (Å²) in [5.74, 6) is -0.295. The van der Waals surface area contributed by atoms with Crippen molar-refractivity contribution in [3.8, 4) is 5.75 Å². The van der Waals surface area contributed by atoms with E-state index < -0.39 is 48.1 Å². The minimum Gasteiger partial charge on any atom is -0.497 e. The van der Waals surface area contributed by atoms with E-state index in [-0.39, 0.29) is 6.61 Å². The van der Waals surface area contributed by atoms with E-state index in [1.807, 2.05) is 54.6 Å². The van der Waals surface area contributed by atoms with Crippen molar-refractivity contribution in [1.82, 2.24) is 0 Å². The van der Waals surface area contributed by atoms with Crippen LogP contribution in [-0.2, 0) is 33.3 Å². The molecule has 2 heterocycles. The number of hydrogen-bond acceptors (Lipinski definition) is 9. The van der Waals surface area contributed by atoms with E-state index >= 15 is 0 Å². The van der Waals surface area contributed by atoms with Crippen molar-refractivity contribution < 1.29 is 38.0 Å². The van der Waals surface area contributed by atoms with E-state index in [2.05, 4.69) is 0 Å². The molecule has 2 aromatic rings. The van der Waals surface area contributed by atoms with Crippen LogP contribution in [0.3, 0.4) is 0 Å². The van der Waals surface area contributed by atoms with Crippen molar-refractivity contribution in [2.75, 3.05) is 13.7 Å². The molecule has 2 aromatic carbocycles. The Balaban J connectivity index is 1.60. The van der Waals surface area contributed by atoms with Crippen molar-refractivity contribution >= 4 is 23.7 Å². The van der Waals surface area contributed by atoms with Crippen molar-refractivity contribution in [3.05, 3.63) is 60.2 Å². The highest BCUT2D eigenvalue weighted by molar-refractivity contribution is 7.99. The first-order valence-corrected chi connectivity index (χ1v) is 11.4. The second-order valence-corrected chi connectivity index (χ2v) is 8.83. The van der Waals surface area contributed by atoms with Crippen LogP contribution in [0.1, 0.15) is 25.7 Å². The lowest BCUT2D eigenvalue weighted by Gasteiger charge is -2.48. The van der Waals surface area contributed by atoms with Gasteiger partial charge in [-0.15, -0.1) is 0 Å². The fourth-order valence-corrected chi connectivity index (χ4v) is 4.97. The number of thioether (sulfide) groups is 1. The third-order valence-corrected chi connectivity index (χ3v) is 6.43. The largest absolute Gasteiger partial charge is 0.497 e. The molecule has 0 spiro atoms. The lowest BCUT2D eigenvalue weighted by atomic mass is 9.98. The van der Waals surface area contributed by atoms with Gasteiger partial charge >= 0.3 is 11.9 Å². The Morgan fingerprint density at radius 3 is 2.21 bits per heavy atom. The molecule has 2 aliphatic rings. The van der Waals surface area contributed by atoms with Crippen molar-refractivity contribution in [2.24, 2.45) is 0 Å². The quantitative estimate of drug-likeness (QED) is 0.584. The van der Waals surface area contributed by atoms with Crippen LogP contribution >= 0.6 is 11.8 Å². The molecular formula is C24H26O8S. The summed E-state index contributed by atoms with van der Waals surface area (Å²) in [5.41, 5.74) is 0.160. The second kappa shape index (κ2) is 10.6. The molecule has 6 atom stereocenters. The van der Waals surface area contributed by atoms with E-state index in [1.165, 1.54) is 25.6 Å². The summed E-state index contributed by atoms with van der Waals surface area (Å²) in [6.45, 7) is 2.85. The Labute approximate surface area is 196 Å². The topological polar surface area (TPSA) is 89.5 Å². The molecular weight excluding hydrogens is 448 g/mol. The molecule has 0 amide bonds. The number of carbonyl (C=O) groups excluding carboxylic acids is 2. The summed E-state index contributed by atoms with van der Waals surface area (Å²) in [5, 5.41) is 0. The first-order chi connectivity index (χ1) is 15.9. The van der Waals surface area contributed by atoms with Crippen LogP contribution < -0.4 is 4.74 Å². The summed E-state index contributed by atoms with van der Waals surface area (Å²) in [7, 11) is 1.59. The van der Waals surface area contributed by atoms with Crippen LogP contribution in [0.2, 0.25) is 0 Å². The smallest absolute Gasteiger partial charge is 0.303 e. The summed E-state index contributed by atoms with van der Waals surface area (Å²) in [4.78, 5) is 24.9. The number of rotatable bonds is 6. The summed E-state index contributed by atoms with van der Waals surface area (Å²) < 4.78 is 34.9. The number of carbonyl (C=O) groups is 2. The van der Waals surface area contributed by atoms with Gasteiger partial charge in [-0.05, 0) is 24.3 Å². The van der Waals surface area contributed by atoms with Crippen LogP contribution in [0.25, 0.3) is 0 Å². The van der Waals surface area contributed by atoms with Gasteiger partial charge in [0.15, 0.2) is 18.5 Å². The average Bonchev–Trinajstić information content (AvgIpc) is 2.81. The number of benzene rings is 2. The number of hydrogen-bond donors (Lipinski definition) is 0. The van der Waals surface area contributed by atoms with Gasteiger partial charge in [0.2, 0.25) is 0 Å². The molecule has 0 saturated carbocycles. The average molecular weight is 475 g/mol. The molecule has 0 aromatic heterocycles. The van der Waals surface area contributed by atoms with Crippen LogP contribution in [0.15, 0.2) is 59.5 Å².